The molecule has 1 saturated heterocycles. The lowest BCUT2D eigenvalue weighted by molar-refractivity contribution is -0.139. The van der Waals surface area contributed by atoms with E-state index in [1.165, 1.54) is 11.0 Å². The second kappa shape index (κ2) is 10.1. The number of aliphatic hydroxyl groups excluding tert-OH is 1. The van der Waals surface area contributed by atoms with Gasteiger partial charge < -0.3 is 29.3 Å². The molecule has 0 radical (unpaired) electrons. The zero-order valence-electron chi connectivity index (χ0n) is 19.4. The number of hydrogen-bond acceptors (Lipinski definition) is 7. The Morgan fingerprint density at radius 2 is 1.82 bits per heavy atom. The van der Waals surface area contributed by atoms with Crippen molar-refractivity contribution < 1.29 is 34.0 Å². The molecule has 2 heterocycles. The Bertz CT molecular complexity index is 1120. The van der Waals surface area contributed by atoms with E-state index >= 15 is 0 Å². The van der Waals surface area contributed by atoms with Crippen LogP contribution in [0.25, 0.3) is 5.76 Å². The van der Waals surface area contributed by atoms with Crippen molar-refractivity contribution in [1.82, 2.24) is 4.90 Å². The number of amides is 1. The molecule has 2 aromatic rings. The number of Topliss-reactive ketones (excluding diaryl/α,β-unsaturated/α-hetero) is 1. The molecule has 0 aliphatic carbocycles. The van der Waals surface area contributed by atoms with E-state index in [9.17, 15) is 19.8 Å². The Kier molecular flexibility index (Phi) is 6.95. The zero-order valence-corrected chi connectivity index (χ0v) is 19.4. The number of nitrogens with zero attached hydrogens (tertiary/aromatic N) is 1. The van der Waals surface area contributed by atoms with Crippen molar-refractivity contribution >= 4 is 17.4 Å². The van der Waals surface area contributed by atoms with E-state index in [-0.39, 0.29) is 22.8 Å². The number of rotatable bonds is 8. The molecule has 34 heavy (non-hydrogen) atoms. The summed E-state index contributed by atoms with van der Waals surface area (Å²) in [5.41, 5.74) is 0.909. The van der Waals surface area contributed by atoms with E-state index in [1.54, 1.807) is 37.3 Å². The minimum atomic E-state index is -0.815. The largest absolute Gasteiger partial charge is 0.507 e. The summed E-state index contributed by atoms with van der Waals surface area (Å²) >= 11 is 0. The number of aromatic hydroxyl groups is 1. The highest BCUT2D eigenvalue weighted by atomic mass is 16.6. The molecule has 2 N–H and O–H groups in total. The number of benzene rings is 2. The van der Waals surface area contributed by atoms with Gasteiger partial charge in [0.15, 0.2) is 23.0 Å². The summed E-state index contributed by atoms with van der Waals surface area (Å²) in [6.45, 7) is 5.38. The summed E-state index contributed by atoms with van der Waals surface area (Å²) in [6, 6.07) is 8.81. The van der Waals surface area contributed by atoms with Crippen LogP contribution in [-0.2, 0) is 9.59 Å². The summed E-state index contributed by atoms with van der Waals surface area (Å²) in [4.78, 5) is 27.7. The standard InChI is InChI=1S/C26H29NO7/c1-3-5-6-11-27-23(16-7-9-18(28)20(14-16)32-4-2)22(25(30)26(27)31)24(29)17-8-10-19-21(15-17)34-13-12-33-19/h7-10,14-15,23,28-29H,3-6,11-13H2,1-2H3/b24-22+. The molecule has 1 fully saturated rings. The van der Waals surface area contributed by atoms with Crippen LogP contribution in [0.1, 0.15) is 50.3 Å². The van der Waals surface area contributed by atoms with Crippen LogP contribution < -0.4 is 14.2 Å². The average molecular weight is 468 g/mol. The number of fused-ring (bicyclic) bond motifs is 1. The van der Waals surface area contributed by atoms with E-state index < -0.39 is 17.7 Å². The minimum absolute atomic E-state index is 0.00804. The van der Waals surface area contributed by atoms with Gasteiger partial charge in [0.05, 0.1) is 18.2 Å². The molecule has 0 aromatic heterocycles. The quantitative estimate of drug-likeness (QED) is 0.260. The molecule has 8 nitrogen and oxygen atoms in total. The Morgan fingerprint density at radius 3 is 2.56 bits per heavy atom. The van der Waals surface area contributed by atoms with Crippen molar-refractivity contribution in [2.45, 2.75) is 39.2 Å². The highest BCUT2D eigenvalue weighted by molar-refractivity contribution is 6.46. The number of carbonyl (C=O) groups excluding carboxylic acids is 2. The summed E-state index contributed by atoms with van der Waals surface area (Å²) in [5.74, 6) is -0.471. The summed E-state index contributed by atoms with van der Waals surface area (Å²) in [7, 11) is 0. The zero-order chi connectivity index (χ0) is 24.2. The van der Waals surface area contributed by atoms with Crippen LogP contribution in [0.2, 0.25) is 0 Å². The first-order chi connectivity index (χ1) is 16.5. The predicted molar refractivity (Wildman–Crippen MR) is 125 cm³/mol. The second-order valence-corrected chi connectivity index (χ2v) is 8.22. The van der Waals surface area contributed by atoms with Gasteiger partial charge in [0.1, 0.15) is 19.0 Å². The van der Waals surface area contributed by atoms with Gasteiger partial charge in [0.25, 0.3) is 11.7 Å². The Morgan fingerprint density at radius 1 is 1.06 bits per heavy atom. The highest BCUT2D eigenvalue weighted by Crippen LogP contribution is 2.43. The normalized spacial score (nSPS) is 18.9. The van der Waals surface area contributed by atoms with Gasteiger partial charge in [-0.25, -0.2) is 0 Å². The van der Waals surface area contributed by atoms with Crippen molar-refractivity contribution in [3.63, 3.8) is 0 Å². The van der Waals surface area contributed by atoms with Crippen LogP contribution in [0.4, 0.5) is 0 Å². The van der Waals surface area contributed by atoms with Crippen LogP contribution in [0.15, 0.2) is 42.0 Å². The molecule has 0 bridgehead atoms. The van der Waals surface area contributed by atoms with Gasteiger partial charge in [-0.1, -0.05) is 25.8 Å². The van der Waals surface area contributed by atoms with Crippen LogP contribution in [0.5, 0.6) is 23.0 Å². The first-order valence-corrected chi connectivity index (χ1v) is 11.6. The van der Waals surface area contributed by atoms with Gasteiger partial charge in [-0.2, -0.15) is 0 Å². The first kappa shape index (κ1) is 23.5. The third-order valence-corrected chi connectivity index (χ3v) is 5.96. The number of unbranched alkanes of at least 4 members (excludes halogenated alkanes) is 2. The van der Waals surface area contributed by atoms with E-state index in [0.717, 1.165) is 19.3 Å². The molecular weight excluding hydrogens is 438 g/mol. The molecule has 1 amide bonds. The van der Waals surface area contributed by atoms with Gasteiger partial charge in [-0.05, 0) is 49.2 Å². The lowest BCUT2D eigenvalue weighted by Crippen LogP contribution is -2.30. The lowest BCUT2D eigenvalue weighted by Gasteiger charge is -2.26. The Labute approximate surface area is 198 Å². The fraction of sp³-hybridized carbons (Fsp3) is 0.385. The maximum Gasteiger partial charge on any atom is 0.295 e. The van der Waals surface area contributed by atoms with Crippen molar-refractivity contribution in [3.8, 4) is 23.0 Å². The predicted octanol–water partition coefficient (Wildman–Crippen LogP) is 4.17. The van der Waals surface area contributed by atoms with Crippen LogP contribution in [0.3, 0.4) is 0 Å². The van der Waals surface area contributed by atoms with E-state index in [4.69, 9.17) is 14.2 Å². The first-order valence-electron chi connectivity index (χ1n) is 11.6. The molecule has 2 aliphatic heterocycles. The van der Waals surface area contributed by atoms with Crippen molar-refractivity contribution in [1.29, 1.82) is 0 Å². The highest BCUT2D eigenvalue weighted by Gasteiger charge is 2.46. The number of carbonyl (C=O) groups is 2. The summed E-state index contributed by atoms with van der Waals surface area (Å²) in [5, 5.41) is 21.4. The Hall–Kier alpha value is -3.68. The Balaban J connectivity index is 1.82. The number of likely N-dealkylation sites (tertiary alicyclic amines) is 1. The van der Waals surface area contributed by atoms with Gasteiger partial charge in [0, 0.05) is 12.1 Å². The SMILES string of the molecule is CCCCCN1C(=O)C(=O)/C(=C(/O)c2ccc3c(c2)OCCO3)C1c1ccc(O)c(OCC)c1. The van der Waals surface area contributed by atoms with E-state index in [0.29, 0.717) is 49.0 Å². The van der Waals surface area contributed by atoms with Crippen molar-refractivity contribution in [3.05, 3.63) is 53.1 Å². The molecule has 0 saturated carbocycles. The summed E-state index contributed by atoms with van der Waals surface area (Å²) < 4.78 is 16.7. The smallest absolute Gasteiger partial charge is 0.295 e. The molecule has 1 atom stereocenters. The van der Waals surface area contributed by atoms with Gasteiger partial charge >= 0.3 is 0 Å². The number of aliphatic hydroxyl groups is 1. The minimum Gasteiger partial charge on any atom is -0.507 e. The topological polar surface area (TPSA) is 106 Å². The lowest BCUT2D eigenvalue weighted by atomic mass is 9.94. The monoisotopic (exact) mass is 467 g/mol. The summed E-state index contributed by atoms with van der Waals surface area (Å²) in [6.07, 6.45) is 2.58. The molecule has 0 spiro atoms. The average Bonchev–Trinajstić information content (AvgIpc) is 3.10. The number of ether oxygens (including phenoxy) is 3. The fourth-order valence-corrected chi connectivity index (χ4v) is 4.31. The molecule has 1 unspecified atom stereocenters. The van der Waals surface area contributed by atoms with Gasteiger partial charge in [-0.15, -0.1) is 0 Å². The van der Waals surface area contributed by atoms with Gasteiger partial charge in [0.2, 0.25) is 0 Å². The van der Waals surface area contributed by atoms with Crippen molar-refractivity contribution in [2.75, 3.05) is 26.4 Å². The number of phenols is 1. The molecular formula is C26H29NO7. The second-order valence-electron chi connectivity index (χ2n) is 8.22. The van der Waals surface area contributed by atoms with Crippen molar-refractivity contribution in [2.24, 2.45) is 0 Å². The fourth-order valence-electron chi connectivity index (χ4n) is 4.31. The van der Waals surface area contributed by atoms with Crippen LogP contribution in [0, 0.1) is 0 Å². The molecule has 8 heteroatoms. The third kappa shape index (κ3) is 4.40. The molecule has 2 aromatic carbocycles. The van der Waals surface area contributed by atoms with E-state index in [1.807, 2.05) is 0 Å². The number of ketones is 1. The van der Waals surface area contributed by atoms with Gasteiger partial charge in [-0.3, -0.25) is 9.59 Å². The third-order valence-electron chi connectivity index (χ3n) is 5.96. The molecule has 4 rings (SSSR count). The van der Waals surface area contributed by atoms with E-state index in [2.05, 4.69) is 6.92 Å². The van der Waals surface area contributed by atoms with Crippen LogP contribution in [-0.4, -0.2) is 53.2 Å². The number of phenolic OH excluding ortho intramolecular Hbond substituents is 1. The molecule has 2 aliphatic rings. The maximum absolute atomic E-state index is 13.2. The number of hydrogen-bond donors (Lipinski definition) is 2. The molecule has 180 valence electrons. The maximum atomic E-state index is 13.2. The van der Waals surface area contributed by atoms with Crippen LogP contribution >= 0.6 is 0 Å².